The lowest BCUT2D eigenvalue weighted by Crippen LogP contribution is -2.02. The van der Waals surface area contributed by atoms with Crippen LogP contribution in [0.5, 0.6) is 0 Å². The van der Waals surface area contributed by atoms with E-state index in [1.807, 2.05) is 0 Å². The normalized spacial score (nSPS) is 11.2. The van der Waals surface area contributed by atoms with Gasteiger partial charge in [-0.3, -0.25) is 0 Å². The average Bonchev–Trinajstić information content (AvgIpc) is 3.07. The van der Waals surface area contributed by atoms with Gasteiger partial charge >= 0.3 is 5.97 Å². The smallest absolute Gasteiger partial charge is 0.330 e. The van der Waals surface area contributed by atoms with Gasteiger partial charge in [-0.2, -0.15) is 0 Å². The van der Waals surface area contributed by atoms with E-state index in [4.69, 9.17) is 9.84 Å². The summed E-state index contributed by atoms with van der Waals surface area (Å²) in [6.45, 7) is 0.816. The second-order valence-electron chi connectivity index (χ2n) is 5.77. The highest BCUT2D eigenvalue weighted by Crippen LogP contribution is 2.10. The van der Waals surface area contributed by atoms with Crippen molar-refractivity contribution >= 4 is 12.0 Å². The van der Waals surface area contributed by atoms with E-state index in [-0.39, 0.29) is 5.97 Å². The van der Waals surface area contributed by atoms with E-state index in [9.17, 15) is 4.79 Å². The van der Waals surface area contributed by atoms with Crippen molar-refractivity contribution in [3.8, 4) is 0 Å². The number of unbranched alkanes of at least 4 members (excludes halogenated alkanes) is 9. The maximum Gasteiger partial charge on any atom is 0.330 e. The Morgan fingerprint density at radius 3 is 2.22 bits per heavy atom. The third-order valence-corrected chi connectivity index (χ3v) is 3.72. The number of ether oxygens (including phenoxy) is 1. The molecule has 130 valence electrons. The molecule has 0 unspecified atom stereocenters. The highest BCUT2D eigenvalue weighted by Gasteiger charge is 1.98. The van der Waals surface area contributed by atoms with Gasteiger partial charge in [0.15, 0.2) is 0 Å². The van der Waals surface area contributed by atoms with E-state index in [1.165, 1.54) is 44.6 Å². The molecule has 0 saturated carbocycles. The fourth-order valence-corrected chi connectivity index (χ4v) is 2.36. The highest BCUT2D eigenvalue weighted by atomic mass is 16.5. The van der Waals surface area contributed by atoms with Crippen LogP contribution in [-0.4, -0.2) is 34.3 Å². The number of carbonyl (C=O) groups is 1. The van der Waals surface area contributed by atoms with Gasteiger partial charge in [0.25, 0.3) is 0 Å². The third-order valence-electron chi connectivity index (χ3n) is 3.72. The zero-order valence-electron chi connectivity index (χ0n) is 14.0. The summed E-state index contributed by atoms with van der Waals surface area (Å²) >= 11 is 0. The minimum absolute atomic E-state index is 0.303. The number of hydrogen-bond donors (Lipinski definition) is 2. The quantitative estimate of drug-likeness (QED) is 0.310. The van der Waals surface area contributed by atoms with Crippen LogP contribution in [0.3, 0.4) is 0 Å². The van der Waals surface area contributed by atoms with Crippen LogP contribution in [0.25, 0.3) is 6.08 Å². The summed E-state index contributed by atoms with van der Waals surface area (Å²) in [5.41, 5.74) is 0.790. The molecule has 0 aromatic carbocycles. The molecule has 2 N–H and O–H groups in total. The molecule has 0 spiro atoms. The minimum Gasteiger partial charge on any atom is -0.463 e. The van der Waals surface area contributed by atoms with Gasteiger partial charge in [0.1, 0.15) is 0 Å². The second kappa shape index (κ2) is 14.0. The van der Waals surface area contributed by atoms with Gasteiger partial charge < -0.3 is 14.8 Å². The lowest BCUT2D eigenvalue weighted by atomic mass is 10.1. The number of nitrogens with zero attached hydrogens (tertiary/aromatic N) is 1. The molecule has 1 aromatic heterocycles. The number of rotatable bonds is 14. The Balaban J connectivity index is 1.83. The molecule has 0 aliphatic heterocycles. The largest absolute Gasteiger partial charge is 0.463 e. The second-order valence-corrected chi connectivity index (χ2v) is 5.77. The first-order chi connectivity index (χ1) is 11.3. The minimum atomic E-state index is -0.303. The number of aliphatic hydroxyl groups is 1. The molecule has 0 atom stereocenters. The number of imidazole rings is 1. The summed E-state index contributed by atoms with van der Waals surface area (Å²) in [4.78, 5) is 18.2. The first-order valence-corrected chi connectivity index (χ1v) is 8.77. The van der Waals surface area contributed by atoms with Crippen LogP contribution in [-0.2, 0) is 9.53 Å². The number of esters is 1. The number of H-pyrrole nitrogens is 1. The summed E-state index contributed by atoms with van der Waals surface area (Å²) in [7, 11) is 0. The maximum absolute atomic E-state index is 11.5. The van der Waals surface area contributed by atoms with Gasteiger partial charge in [0.05, 0.1) is 24.8 Å². The van der Waals surface area contributed by atoms with Gasteiger partial charge in [-0.15, -0.1) is 0 Å². The van der Waals surface area contributed by atoms with Crippen molar-refractivity contribution < 1.29 is 14.6 Å². The highest BCUT2D eigenvalue weighted by molar-refractivity contribution is 5.86. The average molecular weight is 322 g/mol. The SMILES string of the molecule is O=C(/C=C/c1cnc[nH]1)OCCCCCCCCCCCCO. The molecule has 1 rings (SSSR count). The Kier molecular flexibility index (Phi) is 11.8. The third kappa shape index (κ3) is 11.6. The lowest BCUT2D eigenvalue weighted by molar-refractivity contribution is -0.137. The molecule has 1 heterocycles. The lowest BCUT2D eigenvalue weighted by Gasteiger charge is -2.03. The Bertz CT molecular complexity index is 416. The standard InChI is InChI=1S/C18H30N2O3/c21-13-9-7-5-3-1-2-4-6-8-10-14-23-18(22)12-11-17-15-19-16-20-17/h11-12,15-16,21H,1-10,13-14H2,(H,19,20)/b12-11+. The van der Waals surface area contributed by atoms with Crippen LogP contribution < -0.4 is 0 Å². The van der Waals surface area contributed by atoms with E-state index in [2.05, 4.69) is 9.97 Å². The molecule has 5 nitrogen and oxygen atoms in total. The summed E-state index contributed by atoms with van der Waals surface area (Å²) in [6, 6.07) is 0. The molecular formula is C18H30N2O3. The number of aromatic amines is 1. The fraction of sp³-hybridized carbons (Fsp3) is 0.667. The zero-order valence-corrected chi connectivity index (χ0v) is 14.0. The van der Waals surface area contributed by atoms with E-state index in [0.29, 0.717) is 13.2 Å². The number of nitrogens with one attached hydrogen (secondary N) is 1. The van der Waals surface area contributed by atoms with Gasteiger partial charge in [0.2, 0.25) is 0 Å². The summed E-state index contributed by atoms with van der Waals surface area (Å²) < 4.78 is 5.14. The van der Waals surface area contributed by atoms with Crippen molar-refractivity contribution in [2.45, 2.75) is 64.2 Å². The summed E-state index contributed by atoms with van der Waals surface area (Å²) in [5, 5.41) is 8.68. The van der Waals surface area contributed by atoms with Crippen molar-refractivity contribution in [1.82, 2.24) is 9.97 Å². The van der Waals surface area contributed by atoms with Crippen LogP contribution in [0.4, 0.5) is 0 Å². The van der Waals surface area contributed by atoms with E-state index in [0.717, 1.165) is 31.4 Å². The first kappa shape index (κ1) is 19.4. The van der Waals surface area contributed by atoms with Crippen molar-refractivity contribution in [2.75, 3.05) is 13.2 Å². The number of aromatic nitrogens is 2. The molecule has 0 bridgehead atoms. The molecule has 23 heavy (non-hydrogen) atoms. The Morgan fingerprint density at radius 2 is 1.65 bits per heavy atom. The molecule has 1 aromatic rings. The molecule has 0 aliphatic rings. The number of hydrogen-bond acceptors (Lipinski definition) is 4. The van der Waals surface area contributed by atoms with Crippen molar-refractivity contribution in [3.63, 3.8) is 0 Å². The van der Waals surface area contributed by atoms with Crippen molar-refractivity contribution in [3.05, 3.63) is 24.3 Å². The monoisotopic (exact) mass is 322 g/mol. The van der Waals surface area contributed by atoms with Crippen LogP contribution in [0.15, 0.2) is 18.6 Å². The van der Waals surface area contributed by atoms with Gasteiger partial charge in [0, 0.05) is 12.7 Å². The van der Waals surface area contributed by atoms with Crippen LogP contribution in [0.1, 0.15) is 69.9 Å². The van der Waals surface area contributed by atoms with E-state index in [1.54, 1.807) is 18.6 Å². The van der Waals surface area contributed by atoms with Gasteiger partial charge in [-0.1, -0.05) is 51.4 Å². The molecular weight excluding hydrogens is 292 g/mol. The van der Waals surface area contributed by atoms with Crippen LogP contribution in [0, 0.1) is 0 Å². The van der Waals surface area contributed by atoms with Crippen LogP contribution >= 0.6 is 0 Å². The molecule has 0 saturated heterocycles. The topological polar surface area (TPSA) is 75.2 Å². The number of aliphatic hydroxyl groups excluding tert-OH is 1. The maximum atomic E-state index is 11.5. The Hall–Kier alpha value is -1.62. The van der Waals surface area contributed by atoms with Gasteiger partial charge in [-0.05, 0) is 18.9 Å². The fourth-order valence-electron chi connectivity index (χ4n) is 2.36. The van der Waals surface area contributed by atoms with Crippen molar-refractivity contribution in [2.24, 2.45) is 0 Å². The molecule has 0 aliphatic carbocycles. The Morgan fingerprint density at radius 1 is 1.04 bits per heavy atom. The summed E-state index contributed by atoms with van der Waals surface area (Å²) in [5.74, 6) is -0.303. The predicted molar refractivity (Wildman–Crippen MR) is 91.8 cm³/mol. The molecule has 5 heteroatoms. The van der Waals surface area contributed by atoms with E-state index >= 15 is 0 Å². The molecule has 0 radical (unpaired) electrons. The van der Waals surface area contributed by atoms with Crippen LogP contribution in [0.2, 0.25) is 0 Å². The predicted octanol–water partition coefficient (Wildman–Crippen LogP) is 3.86. The molecule has 0 fully saturated rings. The summed E-state index contributed by atoms with van der Waals surface area (Å²) in [6.07, 6.45) is 18.0. The number of carbonyl (C=O) groups excluding carboxylic acids is 1. The molecule has 0 amide bonds. The first-order valence-electron chi connectivity index (χ1n) is 8.77. The van der Waals surface area contributed by atoms with Gasteiger partial charge in [-0.25, -0.2) is 9.78 Å². The van der Waals surface area contributed by atoms with E-state index < -0.39 is 0 Å². The zero-order chi connectivity index (χ0) is 16.6. The Labute approximate surface area is 139 Å². The van der Waals surface area contributed by atoms with Crippen molar-refractivity contribution in [1.29, 1.82) is 0 Å².